The summed E-state index contributed by atoms with van der Waals surface area (Å²) in [5.41, 5.74) is 8.34. The first kappa shape index (κ1) is 21.4. The molecule has 1 aromatic carbocycles. The largest absolute Gasteiger partial charge is 0.336 e. The predicted molar refractivity (Wildman–Crippen MR) is 104 cm³/mol. The van der Waals surface area contributed by atoms with E-state index in [1.54, 1.807) is 18.3 Å². The van der Waals surface area contributed by atoms with Crippen LogP contribution in [0, 0.1) is 0 Å². The molecule has 0 spiro atoms. The van der Waals surface area contributed by atoms with E-state index in [4.69, 9.17) is 5.73 Å². The van der Waals surface area contributed by atoms with Crippen molar-refractivity contribution in [3.05, 3.63) is 65.5 Å². The van der Waals surface area contributed by atoms with E-state index in [1.165, 1.54) is 5.56 Å². The summed E-state index contributed by atoms with van der Waals surface area (Å²) in [5.74, 6) is 0.0708. The van der Waals surface area contributed by atoms with Crippen LogP contribution in [0.3, 0.4) is 0 Å². The van der Waals surface area contributed by atoms with Gasteiger partial charge in [0.2, 0.25) is 0 Å². The zero-order valence-electron chi connectivity index (χ0n) is 14.0. The van der Waals surface area contributed by atoms with Crippen molar-refractivity contribution in [3.63, 3.8) is 0 Å². The Kier molecular flexibility index (Phi) is 8.86. The molecule has 1 aromatic heterocycles. The van der Waals surface area contributed by atoms with E-state index in [0.29, 0.717) is 12.1 Å². The number of piperazine rings is 1. The van der Waals surface area contributed by atoms with Gasteiger partial charge in [-0.2, -0.15) is 0 Å². The molecule has 2 heterocycles. The van der Waals surface area contributed by atoms with Gasteiger partial charge in [0.25, 0.3) is 5.91 Å². The summed E-state index contributed by atoms with van der Waals surface area (Å²) in [6.45, 7) is 4.60. The maximum absolute atomic E-state index is 12.6. The Morgan fingerprint density at radius 3 is 2.36 bits per heavy atom. The number of nitrogens with two attached hydrogens (primary N) is 1. The number of hydrogen-bond acceptors (Lipinski definition) is 4. The van der Waals surface area contributed by atoms with Crippen molar-refractivity contribution in [1.29, 1.82) is 0 Å². The zero-order chi connectivity index (χ0) is 16.1. The van der Waals surface area contributed by atoms with Gasteiger partial charge >= 0.3 is 0 Å². The third kappa shape index (κ3) is 5.68. The average Bonchev–Trinajstić information content (AvgIpc) is 2.63. The Morgan fingerprint density at radius 1 is 1.04 bits per heavy atom. The van der Waals surface area contributed by atoms with Crippen LogP contribution in [0.15, 0.2) is 48.7 Å². The maximum atomic E-state index is 12.6. The highest BCUT2D eigenvalue weighted by atomic mass is 35.5. The van der Waals surface area contributed by atoms with Gasteiger partial charge in [-0.25, -0.2) is 0 Å². The lowest BCUT2D eigenvalue weighted by molar-refractivity contribution is 0.0628. The van der Waals surface area contributed by atoms with Gasteiger partial charge in [0, 0.05) is 51.0 Å². The van der Waals surface area contributed by atoms with Crippen LogP contribution in [0.25, 0.3) is 0 Å². The summed E-state index contributed by atoms with van der Waals surface area (Å²) in [6, 6.07) is 14.0. The molecule has 0 saturated carbocycles. The lowest BCUT2D eigenvalue weighted by atomic mass is 10.1. The fourth-order valence-corrected chi connectivity index (χ4v) is 2.86. The number of carbonyl (C=O) groups is 1. The molecule has 136 valence electrons. The van der Waals surface area contributed by atoms with Crippen LogP contribution < -0.4 is 5.73 Å². The van der Waals surface area contributed by atoms with Crippen LogP contribution in [-0.4, -0.2) is 46.9 Å². The van der Waals surface area contributed by atoms with E-state index in [1.807, 2.05) is 11.0 Å². The highest BCUT2D eigenvalue weighted by molar-refractivity contribution is 5.94. The van der Waals surface area contributed by atoms with Gasteiger partial charge in [0.05, 0.1) is 5.69 Å². The van der Waals surface area contributed by atoms with Gasteiger partial charge in [-0.15, -0.1) is 24.8 Å². The molecule has 5 nitrogen and oxygen atoms in total. The van der Waals surface area contributed by atoms with E-state index in [-0.39, 0.29) is 30.7 Å². The normalized spacial score (nSPS) is 14.4. The predicted octanol–water partition coefficient (Wildman–Crippen LogP) is 2.34. The molecule has 2 N–H and O–H groups in total. The van der Waals surface area contributed by atoms with Crippen LogP contribution in [-0.2, 0) is 13.1 Å². The van der Waals surface area contributed by atoms with Crippen LogP contribution in [0.1, 0.15) is 21.6 Å². The molecule has 1 amide bonds. The Hall–Kier alpha value is -1.66. The molecule has 0 aliphatic carbocycles. The van der Waals surface area contributed by atoms with E-state index in [9.17, 15) is 4.79 Å². The average molecular weight is 383 g/mol. The van der Waals surface area contributed by atoms with E-state index < -0.39 is 0 Å². The minimum atomic E-state index is 0. The number of aromatic nitrogens is 1. The first-order valence-corrected chi connectivity index (χ1v) is 7.97. The van der Waals surface area contributed by atoms with E-state index in [0.717, 1.165) is 38.4 Å². The number of pyridine rings is 1. The second-order valence-corrected chi connectivity index (χ2v) is 5.79. The first-order chi connectivity index (χ1) is 11.3. The summed E-state index contributed by atoms with van der Waals surface area (Å²) >= 11 is 0. The highest BCUT2D eigenvalue weighted by Crippen LogP contribution is 2.12. The van der Waals surface area contributed by atoms with Crippen molar-refractivity contribution >= 4 is 30.7 Å². The molecule has 0 bridgehead atoms. The van der Waals surface area contributed by atoms with Crippen molar-refractivity contribution < 1.29 is 4.79 Å². The molecule has 0 radical (unpaired) electrons. The van der Waals surface area contributed by atoms with E-state index >= 15 is 0 Å². The van der Waals surface area contributed by atoms with Crippen LogP contribution in [0.2, 0.25) is 0 Å². The molecule has 0 unspecified atom stereocenters. The zero-order valence-corrected chi connectivity index (χ0v) is 15.6. The second kappa shape index (κ2) is 10.4. The highest BCUT2D eigenvalue weighted by Gasteiger charge is 2.22. The summed E-state index contributed by atoms with van der Waals surface area (Å²) in [7, 11) is 0. The lowest BCUT2D eigenvalue weighted by Crippen LogP contribution is -2.48. The Morgan fingerprint density at radius 2 is 1.72 bits per heavy atom. The third-order valence-electron chi connectivity index (χ3n) is 4.18. The number of hydrogen-bond donors (Lipinski definition) is 1. The fraction of sp³-hybridized carbons (Fsp3) is 0.333. The van der Waals surface area contributed by atoms with Crippen LogP contribution in [0.4, 0.5) is 0 Å². The minimum Gasteiger partial charge on any atom is -0.336 e. The molecule has 3 rings (SSSR count). The lowest BCUT2D eigenvalue weighted by Gasteiger charge is -2.34. The topological polar surface area (TPSA) is 62.5 Å². The molecule has 1 aliphatic heterocycles. The van der Waals surface area contributed by atoms with Crippen molar-refractivity contribution in [2.24, 2.45) is 5.73 Å². The van der Waals surface area contributed by atoms with Crippen molar-refractivity contribution in [2.45, 2.75) is 13.1 Å². The molecule has 7 heteroatoms. The first-order valence-electron chi connectivity index (χ1n) is 7.97. The monoisotopic (exact) mass is 382 g/mol. The summed E-state index contributed by atoms with van der Waals surface area (Å²) in [6.07, 6.45) is 1.65. The summed E-state index contributed by atoms with van der Waals surface area (Å²) in [4.78, 5) is 21.0. The van der Waals surface area contributed by atoms with Crippen LogP contribution >= 0.6 is 24.8 Å². The summed E-state index contributed by atoms with van der Waals surface area (Å²) < 4.78 is 0. The molecule has 1 fully saturated rings. The number of halogens is 2. The van der Waals surface area contributed by atoms with Gasteiger partial charge in [-0.1, -0.05) is 30.3 Å². The molecule has 0 atom stereocenters. The molecule has 1 saturated heterocycles. The number of amides is 1. The Balaban J connectivity index is 0.00000156. The smallest absolute Gasteiger partial charge is 0.254 e. The number of benzene rings is 1. The van der Waals surface area contributed by atoms with Gasteiger partial charge in [0.1, 0.15) is 0 Å². The van der Waals surface area contributed by atoms with Crippen LogP contribution in [0.5, 0.6) is 0 Å². The van der Waals surface area contributed by atoms with Crippen molar-refractivity contribution in [1.82, 2.24) is 14.8 Å². The van der Waals surface area contributed by atoms with Gasteiger partial charge in [-0.3, -0.25) is 14.7 Å². The SMILES string of the molecule is Cl.Cl.NCc1cc(C(=O)N2CCN(Cc3ccccc3)CC2)ccn1. The van der Waals surface area contributed by atoms with Crippen molar-refractivity contribution in [2.75, 3.05) is 26.2 Å². The third-order valence-corrected chi connectivity index (χ3v) is 4.18. The molecule has 1 aliphatic rings. The molecular weight excluding hydrogens is 359 g/mol. The summed E-state index contributed by atoms with van der Waals surface area (Å²) in [5, 5.41) is 0. The van der Waals surface area contributed by atoms with Gasteiger partial charge in [-0.05, 0) is 17.7 Å². The van der Waals surface area contributed by atoms with E-state index in [2.05, 4.69) is 34.1 Å². The second-order valence-electron chi connectivity index (χ2n) is 5.79. The Labute approximate surface area is 161 Å². The minimum absolute atomic E-state index is 0. The molecule has 25 heavy (non-hydrogen) atoms. The Bertz CT molecular complexity index is 661. The number of nitrogens with zero attached hydrogens (tertiary/aromatic N) is 3. The van der Waals surface area contributed by atoms with Gasteiger partial charge < -0.3 is 10.6 Å². The standard InChI is InChI=1S/C18H22N4O.2ClH/c19-13-17-12-16(6-7-20-17)18(23)22-10-8-21(9-11-22)14-15-4-2-1-3-5-15;;/h1-7,12H,8-11,13-14,19H2;2*1H. The van der Waals surface area contributed by atoms with Crippen molar-refractivity contribution in [3.8, 4) is 0 Å². The molecule has 2 aromatic rings. The fourth-order valence-electron chi connectivity index (χ4n) is 2.86. The maximum Gasteiger partial charge on any atom is 0.254 e. The number of rotatable bonds is 4. The quantitative estimate of drug-likeness (QED) is 0.881. The molecular formula is C18H24Cl2N4O. The number of carbonyl (C=O) groups excluding carboxylic acids is 1. The van der Waals surface area contributed by atoms with Gasteiger partial charge in [0.15, 0.2) is 0 Å².